The quantitative estimate of drug-likeness (QED) is 0.481. The van der Waals surface area contributed by atoms with Crippen LogP contribution in [0.5, 0.6) is 0 Å². The number of likely N-dealkylation sites (tertiary alicyclic amines) is 1. The highest BCUT2D eigenvalue weighted by molar-refractivity contribution is 6.05. The average Bonchev–Trinajstić information content (AvgIpc) is 3.52. The van der Waals surface area contributed by atoms with E-state index in [1.165, 1.54) is 18.4 Å². The van der Waals surface area contributed by atoms with Gasteiger partial charge in [0.25, 0.3) is 5.91 Å². The zero-order valence-corrected chi connectivity index (χ0v) is 22.6. The molecule has 1 atom stereocenters. The fourth-order valence-corrected chi connectivity index (χ4v) is 6.17. The van der Waals surface area contributed by atoms with Crippen molar-refractivity contribution in [2.24, 2.45) is 5.92 Å². The van der Waals surface area contributed by atoms with Gasteiger partial charge in [-0.3, -0.25) is 29.7 Å². The van der Waals surface area contributed by atoms with Crippen molar-refractivity contribution in [3.63, 3.8) is 0 Å². The van der Waals surface area contributed by atoms with Crippen LogP contribution < -0.4 is 5.32 Å². The molecule has 0 radical (unpaired) electrons. The van der Waals surface area contributed by atoms with Gasteiger partial charge in [0.2, 0.25) is 11.8 Å². The molecule has 38 heavy (non-hydrogen) atoms. The van der Waals surface area contributed by atoms with Gasteiger partial charge in [-0.05, 0) is 79.4 Å². The number of aromatic amines is 1. The first-order valence-corrected chi connectivity index (χ1v) is 14.1. The zero-order valence-electron chi connectivity index (χ0n) is 22.6. The van der Waals surface area contributed by atoms with Gasteiger partial charge in [-0.2, -0.15) is 5.10 Å². The molecule has 0 spiro atoms. The first-order valence-electron chi connectivity index (χ1n) is 14.1. The number of nitrogens with zero attached hydrogens (tertiary/aromatic N) is 3. The lowest BCUT2D eigenvalue weighted by atomic mass is 9.88. The Morgan fingerprint density at radius 1 is 1.11 bits per heavy atom. The maximum absolute atomic E-state index is 13.0. The second kappa shape index (κ2) is 11.2. The summed E-state index contributed by atoms with van der Waals surface area (Å²) in [7, 11) is 0. The highest BCUT2D eigenvalue weighted by atomic mass is 16.2. The number of benzene rings is 1. The number of aromatic nitrogens is 2. The largest absolute Gasteiger partial charge is 0.322 e. The molecule has 2 aromatic rings. The summed E-state index contributed by atoms with van der Waals surface area (Å²) in [4.78, 5) is 40.9. The molecule has 1 unspecified atom stereocenters. The van der Waals surface area contributed by atoms with Crippen molar-refractivity contribution >= 4 is 23.3 Å². The number of nitrogens with one attached hydrogen (secondary N) is 2. The number of allylic oxidation sites excluding steroid dienone is 1. The van der Waals surface area contributed by atoms with Gasteiger partial charge in [0, 0.05) is 30.8 Å². The van der Waals surface area contributed by atoms with Crippen LogP contribution in [0, 0.1) is 5.92 Å². The van der Waals surface area contributed by atoms with Crippen molar-refractivity contribution in [1.29, 1.82) is 0 Å². The van der Waals surface area contributed by atoms with E-state index in [4.69, 9.17) is 0 Å². The van der Waals surface area contributed by atoms with Crippen molar-refractivity contribution in [1.82, 2.24) is 25.3 Å². The molecule has 0 aliphatic carbocycles. The summed E-state index contributed by atoms with van der Waals surface area (Å²) in [6.07, 6.45) is 6.12. The van der Waals surface area contributed by atoms with Crippen LogP contribution >= 0.6 is 0 Å². The van der Waals surface area contributed by atoms with Crippen molar-refractivity contribution in [3.05, 3.63) is 58.9 Å². The molecule has 3 aliphatic rings. The van der Waals surface area contributed by atoms with Gasteiger partial charge in [0.1, 0.15) is 6.04 Å². The summed E-state index contributed by atoms with van der Waals surface area (Å²) < 4.78 is 0. The molecule has 2 N–H and O–H groups in total. The molecule has 3 aliphatic heterocycles. The van der Waals surface area contributed by atoms with E-state index in [2.05, 4.69) is 59.0 Å². The van der Waals surface area contributed by atoms with Crippen LogP contribution in [0.3, 0.4) is 0 Å². The predicted octanol–water partition coefficient (Wildman–Crippen LogP) is 4.39. The van der Waals surface area contributed by atoms with E-state index in [1.54, 1.807) is 4.90 Å². The van der Waals surface area contributed by atoms with Gasteiger partial charge in [-0.1, -0.05) is 45.4 Å². The molecule has 1 aromatic heterocycles. The van der Waals surface area contributed by atoms with Crippen molar-refractivity contribution < 1.29 is 14.4 Å². The Hall–Kier alpha value is -3.26. The van der Waals surface area contributed by atoms with E-state index >= 15 is 0 Å². The number of hydrogen-bond donors (Lipinski definition) is 2. The molecule has 0 bridgehead atoms. The Bertz CT molecular complexity index is 1220. The second-order valence-corrected chi connectivity index (χ2v) is 11.1. The Kier molecular flexibility index (Phi) is 7.79. The van der Waals surface area contributed by atoms with Gasteiger partial charge in [0.05, 0.1) is 5.69 Å². The summed E-state index contributed by atoms with van der Waals surface area (Å²) in [6.45, 7) is 12.0. The number of imide groups is 1. The number of piperidine rings is 2. The molecule has 4 heterocycles. The molecule has 5 rings (SSSR count). The molecule has 3 amide bonds. The molecular weight excluding hydrogens is 478 g/mol. The Balaban J connectivity index is 1.15. The Labute approximate surface area is 224 Å². The molecule has 8 nitrogen and oxygen atoms in total. The molecule has 8 heteroatoms. The molecule has 0 saturated carbocycles. The van der Waals surface area contributed by atoms with Crippen molar-refractivity contribution in [3.8, 4) is 0 Å². The lowest BCUT2D eigenvalue weighted by Gasteiger charge is -2.32. The molecule has 2 fully saturated rings. The zero-order chi connectivity index (χ0) is 26.8. The minimum Gasteiger partial charge on any atom is -0.322 e. The van der Waals surface area contributed by atoms with E-state index in [0.29, 0.717) is 30.4 Å². The van der Waals surface area contributed by atoms with Crippen LogP contribution in [0.25, 0.3) is 5.57 Å². The number of rotatable bonds is 9. The maximum atomic E-state index is 13.0. The van der Waals surface area contributed by atoms with Crippen LogP contribution in [-0.2, 0) is 22.7 Å². The monoisotopic (exact) mass is 517 g/mol. The predicted molar refractivity (Wildman–Crippen MR) is 146 cm³/mol. The molecule has 202 valence electrons. The van der Waals surface area contributed by atoms with Crippen LogP contribution in [0.15, 0.2) is 30.8 Å². The summed E-state index contributed by atoms with van der Waals surface area (Å²) in [5.74, 6) is 0.375. The normalized spacial score (nSPS) is 20.8. The highest BCUT2D eigenvalue weighted by Crippen LogP contribution is 2.34. The third kappa shape index (κ3) is 5.46. The molecular formula is C30H39N5O3. The van der Waals surface area contributed by atoms with E-state index in [-0.39, 0.29) is 24.1 Å². The second-order valence-electron chi connectivity index (χ2n) is 11.1. The SMILES string of the molecule is C=C(CC(CC)CC)c1cc(CN2CCC(c3ccc4c(c3)CN(C3CCC(=O)NC3=O)C4=O)CC2)[nH]n1. The van der Waals surface area contributed by atoms with Crippen LogP contribution in [0.1, 0.15) is 97.6 Å². The van der Waals surface area contributed by atoms with E-state index < -0.39 is 6.04 Å². The summed E-state index contributed by atoms with van der Waals surface area (Å²) in [6, 6.07) is 7.75. The van der Waals surface area contributed by atoms with Crippen molar-refractivity contribution in [2.75, 3.05) is 13.1 Å². The molecule has 2 saturated heterocycles. The fourth-order valence-electron chi connectivity index (χ4n) is 6.17. The Morgan fingerprint density at radius 2 is 1.87 bits per heavy atom. The van der Waals surface area contributed by atoms with Gasteiger partial charge >= 0.3 is 0 Å². The van der Waals surface area contributed by atoms with Gasteiger partial charge in [-0.15, -0.1) is 0 Å². The summed E-state index contributed by atoms with van der Waals surface area (Å²) in [5, 5.41) is 10.1. The first kappa shape index (κ1) is 26.4. The average molecular weight is 518 g/mol. The lowest BCUT2D eigenvalue weighted by Crippen LogP contribution is -2.52. The van der Waals surface area contributed by atoms with Gasteiger partial charge in [0.15, 0.2) is 0 Å². The topological polar surface area (TPSA) is 98.4 Å². The van der Waals surface area contributed by atoms with Crippen LogP contribution in [0.4, 0.5) is 0 Å². The smallest absolute Gasteiger partial charge is 0.255 e. The summed E-state index contributed by atoms with van der Waals surface area (Å²) in [5.41, 5.74) is 6.17. The third-order valence-corrected chi connectivity index (χ3v) is 8.68. The minimum atomic E-state index is -0.570. The highest BCUT2D eigenvalue weighted by Gasteiger charge is 2.39. The number of H-pyrrole nitrogens is 1. The van der Waals surface area contributed by atoms with Crippen LogP contribution in [0.2, 0.25) is 0 Å². The third-order valence-electron chi connectivity index (χ3n) is 8.68. The lowest BCUT2D eigenvalue weighted by molar-refractivity contribution is -0.136. The standard InChI is InChI=1S/C30H39N5O3/c1-4-20(5-2)14-19(3)26-16-24(32-33-26)18-34-12-10-21(11-13-34)22-6-7-25-23(15-22)17-35(30(25)38)27-8-9-28(36)31-29(27)37/h6-7,15-16,20-21,27H,3-5,8-14,17-18H2,1-2H3,(H,32,33)(H,31,36,37). The van der Waals surface area contributed by atoms with E-state index in [1.807, 2.05) is 6.07 Å². The number of hydrogen-bond acceptors (Lipinski definition) is 5. The minimum absolute atomic E-state index is 0.114. The molecule has 1 aromatic carbocycles. The first-order chi connectivity index (χ1) is 18.4. The maximum Gasteiger partial charge on any atom is 0.255 e. The summed E-state index contributed by atoms with van der Waals surface area (Å²) >= 11 is 0. The number of carbonyl (C=O) groups is 3. The van der Waals surface area contributed by atoms with E-state index in [9.17, 15) is 14.4 Å². The number of carbonyl (C=O) groups excluding carboxylic acids is 3. The van der Waals surface area contributed by atoms with E-state index in [0.717, 1.165) is 61.4 Å². The number of fused-ring (bicyclic) bond motifs is 1. The van der Waals surface area contributed by atoms with Gasteiger partial charge in [-0.25, -0.2) is 0 Å². The fraction of sp³-hybridized carbons (Fsp3) is 0.533. The van der Waals surface area contributed by atoms with Crippen LogP contribution in [-0.4, -0.2) is 56.9 Å². The van der Waals surface area contributed by atoms with Crippen molar-refractivity contribution in [2.45, 2.75) is 83.8 Å². The Morgan fingerprint density at radius 3 is 2.58 bits per heavy atom. The number of amides is 3. The van der Waals surface area contributed by atoms with Gasteiger partial charge < -0.3 is 4.90 Å².